The van der Waals surface area contributed by atoms with Gasteiger partial charge in [0.2, 0.25) is 0 Å². The first-order valence-corrected chi connectivity index (χ1v) is 8.10. The third-order valence-corrected chi connectivity index (χ3v) is 4.11. The number of ether oxygens (including phenoxy) is 1. The molecule has 1 aliphatic rings. The normalized spacial score (nSPS) is 18.4. The highest BCUT2D eigenvalue weighted by Gasteiger charge is 2.29. The van der Waals surface area contributed by atoms with E-state index in [1.165, 1.54) is 0 Å². The molecule has 1 atom stereocenters. The van der Waals surface area contributed by atoms with E-state index in [1.54, 1.807) is 30.0 Å². The van der Waals surface area contributed by atoms with Crippen molar-refractivity contribution in [3.05, 3.63) is 33.3 Å². The van der Waals surface area contributed by atoms with E-state index in [0.29, 0.717) is 30.3 Å². The van der Waals surface area contributed by atoms with Crippen LogP contribution in [-0.2, 0) is 9.53 Å². The summed E-state index contributed by atoms with van der Waals surface area (Å²) < 4.78 is 5.81. The van der Waals surface area contributed by atoms with Gasteiger partial charge in [-0.15, -0.1) is 0 Å². The number of halogens is 2. The van der Waals surface area contributed by atoms with Gasteiger partial charge in [0.05, 0.1) is 12.5 Å². The molecule has 6 heteroatoms. The van der Waals surface area contributed by atoms with E-state index in [-0.39, 0.29) is 17.8 Å². The van der Waals surface area contributed by atoms with E-state index in [1.807, 2.05) is 0 Å². The number of carbonyl (C=O) groups is 2. The van der Waals surface area contributed by atoms with Crippen LogP contribution in [0.15, 0.2) is 22.7 Å². The molecule has 4 nitrogen and oxygen atoms in total. The molecule has 2 rings (SSSR count). The van der Waals surface area contributed by atoms with Gasteiger partial charge in [-0.1, -0.05) is 27.5 Å². The second kappa shape index (κ2) is 7.27. The number of esters is 1. The molecule has 1 saturated heterocycles. The first-order chi connectivity index (χ1) is 10.0. The number of carbonyl (C=O) groups excluding carboxylic acids is 2. The van der Waals surface area contributed by atoms with Gasteiger partial charge in [0.1, 0.15) is 0 Å². The van der Waals surface area contributed by atoms with Crippen LogP contribution in [0.1, 0.15) is 30.1 Å². The van der Waals surface area contributed by atoms with E-state index in [4.69, 9.17) is 16.3 Å². The summed E-state index contributed by atoms with van der Waals surface area (Å²) in [6, 6.07) is 5.11. The lowest BCUT2D eigenvalue weighted by Crippen LogP contribution is -2.42. The average molecular weight is 375 g/mol. The summed E-state index contributed by atoms with van der Waals surface area (Å²) in [4.78, 5) is 26.0. The Hall–Kier alpha value is -1.07. The number of benzene rings is 1. The van der Waals surface area contributed by atoms with E-state index in [0.717, 1.165) is 17.3 Å². The molecule has 1 unspecified atom stereocenters. The van der Waals surface area contributed by atoms with Crippen molar-refractivity contribution < 1.29 is 14.3 Å². The molecule has 1 aliphatic heterocycles. The highest BCUT2D eigenvalue weighted by Crippen LogP contribution is 2.23. The maximum Gasteiger partial charge on any atom is 0.310 e. The van der Waals surface area contributed by atoms with Gasteiger partial charge in [-0.05, 0) is 38.0 Å². The summed E-state index contributed by atoms with van der Waals surface area (Å²) in [6.07, 6.45) is 1.57. The van der Waals surface area contributed by atoms with Crippen molar-refractivity contribution in [1.82, 2.24) is 4.90 Å². The number of nitrogens with zero attached hydrogens (tertiary/aromatic N) is 1. The molecule has 0 aromatic heterocycles. The van der Waals surface area contributed by atoms with Gasteiger partial charge < -0.3 is 9.64 Å². The van der Waals surface area contributed by atoms with Crippen LogP contribution in [0.25, 0.3) is 0 Å². The van der Waals surface area contributed by atoms with Crippen molar-refractivity contribution in [1.29, 1.82) is 0 Å². The van der Waals surface area contributed by atoms with Crippen LogP contribution < -0.4 is 0 Å². The maximum atomic E-state index is 12.5. The van der Waals surface area contributed by atoms with Crippen molar-refractivity contribution in [3.8, 4) is 0 Å². The SMILES string of the molecule is CCOC(=O)C1CCCN(C(=O)c2cc(Cl)cc(Br)c2)C1. The van der Waals surface area contributed by atoms with E-state index in [9.17, 15) is 9.59 Å². The Kier molecular flexibility index (Phi) is 5.65. The number of rotatable bonds is 3. The molecular weight excluding hydrogens is 358 g/mol. The van der Waals surface area contributed by atoms with E-state index >= 15 is 0 Å². The molecule has 21 heavy (non-hydrogen) atoms. The molecule has 1 aromatic carbocycles. The van der Waals surface area contributed by atoms with Crippen LogP contribution >= 0.6 is 27.5 Å². The van der Waals surface area contributed by atoms with Gasteiger partial charge in [-0.2, -0.15) is 0 Å². The third kappa shape index (κ3) is 4.20. The summed E-state index contributed by atoms with van der Waals surface area (Å²) in [6.45, 7) is 3.21. The monoisotopic (exact) mass is 373 g/mol. The van der Waals surface area contributed by atoms with Gasteiger partial charge in [0.15, 0.2) is 0 Å². The van der Waals surface area contributed by atoms with Crippen LogP contribution in [0.5, 0.6) is 0 Å². The predicted octanol–water partition coefficient (Wildman–Crippen LogP) is 3.52. The Bertz CT molecular complexity index is 529. The molecule has 1 aromatic rings. The van der Waals surface area contributed by atoms with Crippen molar-refractivity contribution in [2.45, 2.75) is 19.8 Å². The van der Waals surface area contributed by atoms with Gasteiger partial charge in [0.25, 0.3) is 5.91 Å². The topological polar surface area (TPSA) is 46.6 Å². The van der Waals surface area contributed by atoms with Crippen LogP contribution in [0.4, 0.5) is 0 Å². The quantitative estimate of drug-likeness (QED) is 0.761. The Morgan fingerprint density at radius 2 is 2.19 bits per heavy atom. The molecule has 114 valence electrons. The maximum absolute atomic E-state index is 12.5. The summed E-state index contributed by atoms with van der Waals surface area (Å²) in [7, 11) is 0. The predicted molar refractivity (Wildman–Crippen MR) is 84.4 cm³/mol. The molecule has 0 radical (unpaired) electrons. The van der Waals surface area contributed by atoms with Gasteiger partial charge >= 0.3 is 5.97 Å². The molecule has 0 spiro atoms. The lowest BCUT2D eigenvalue weighted by molar-refractivity contribution is -0.149. The number of piperidine rings is 1. The average Bonchev–Trinajstić information content (AvgIpc) is 2.46. The van der Waals surface area contributed by atoms with Crippen molar-refractivity contribution in [2.75, 3.05) is 19.7 Å². The zero-order valence-corrected chi connectivity index (χ0v) is 14.1. The summed E-state index contributed by atoms with van der Waals surface area (Å²) >= 11 is 9.31. The minimum absolute atomic E-state index is 0.104. The van der Waals surface area contributed by atoms with Gasteiger partial charge in [0, 0.05) is 28.1 Å². The molecular formula is C15H17BrClNO3. The molecule has 1 heterocycles. The molecule has 0 N–H and O–H groups in total. The third-order valence-electron chi connectivity index (χ3n) is 3.44. The Balaban J connectivity index is 2.10. The minimum Gasteiger partial charge on any atom is -0.466 e. The zero-order chi connectivity index (χ0) is 15.4. The Labute approximate surface area is 137 Å². The number of hydrogen-bond acceptors (Lipinski definition) is 3. The lowest BCUT2D eigenvalue weighted by atomic mass is 9.97. The first-order valence-electron chi connectivity index (χ1n) is 6.93. The zero-order valence-electron chi connectivity index (χ0n) is 11.8. The van der Waals surface area contributed by atoms with E-state index < -0.39 is 0 Å². The molecule has 0 bridgehead atoms. The van der Waals surface area contributed by atoms with Crippen LogP contribution in [0.2, 0.25) is 5.02 Å². The molecule has 1 amide bonds. The standard InChI is InChI=1S/C15H17BrClNO3/c1-2-21-15(20)10-4-3-5-18(9-10)14(19)11-6-12(16)8-13(17)7-11/h6-8,10H,2-5,9H2,1H3. The van der Waals surface area contributed by atoms with Crippen molar-refractivity contribution in [3.63, 3.8) is 0 Å². The second-order valence-corrected chi connectivity index (χ2v) is 6.35. The number of hydrogen-bond donors (Lipinski definition) is 0. The molecule has 1 fully saturated rings. The van der Waals surface area contributed by atoms with Crippen LogP contribution in [0, 0.1) is 5.92 Å². The second-order valence-electron chi connectivity index (χ2n) is 5.00. The molecule has 0 aliphatic carbocycles. The van der Waals surface area contributed by atoms with Crippen molar-refractivity contribution >= 4 is 39.4 Å². The first kappa shape index (κ1) is 16.3. The smallest absolute Gasteiger partial charge is 0.310 e. The Morgan fingerprint density at radius 3 is 2.86 bits per heavy atom. The number of likely N-dealkylation sites (tertiary alicyclic amines) is 1. The lowest BCUT2D eigenvalue weighted by Gasteiger charge is -2.31. The minimum atomic E-state index is -0.231. The fourth-order valence-corrected chi connectivity index (χ4v) is 3.33. The van der Waals surface area contributed by atoms with Crippen molar-refractivity contribution in [2.24, 2.45) is 5.92 Å². The fraction of sp³-hybridized carbons (Fsp3) is 0.467. The highest BCUT2D eigenvalue weighted by molar-refractivity contribution is 9.10. The van der Waals surface area contributed by atoms with Gasteiger partial charge in [-0.25, -0.2) is 0 Å². The number of amides is 1. The largest absolute Gasteiger partial charge is 0.466 e. The molecule has 0 saturated carbocycles. The summed E-state index contributed by atoms with van der Waals surface area (Å²) in [5.41, 5.74) is 0.527. The fourth-order valence-electron chi connectivity index (χ4n) is 2.47. The van der Waals surface area contributed by atoms with Gasteiger partial charge in [-0.3, -0.25) is 9.59 Å². The summed E-state index contributed by atoms with van der Waals surface area (Å²) in [5, 5.41) is 0.506. The van der Waals surface area contributed by atoms with Crippen LogP contribution in [-0.4, -0.2) is 36.5 Å². The Morgan fingerprint density at radius 1 is 1.43 bits per heavy atom. The van der Waals surface area contributed by atoms with E-state index in [2.05, 4.69) is 15.9 Å². The highest BCUT2D eigenvalue weighted by atomic mass is 79.9. The summed E-state index contributed by atoms with van der Waals surface area (Å²) in [5.74, 6) is -0.556. The van der Waals surface area contributed by atoms with Crippen LogP contribution in [0.3, 0.4) is 0 Å².